The first kappa shape index (κ1) is 15.0. The first-order valence-electron chi connectivity index (χ1n) is 8.54. The standard InChI is InChI=1S/C23H14S3/c1-24-23-10-16-9-14-3-5-17-18(20(14)12-22(16)26-23)4-2-13-8-15-6-7-25-21(15)11-19(13)17/h2-12H,1H3. The number of benzene rings is 4. The van der Waals surface area contributed by atoms with Crippen molar-refractivity contribution in [3.8, 4) is 0 Å². The van der Waals surface area contributed by atoms with Crippen molar-refractivity contribution in [2.75, 3.05) is 6.26 Å². The van der Waals surface area contributed by atoms with Crippen LogP contribution in [0, 0.1) is 0 Å². The van der Waals surface area contributed by atoms with Crippen LogP contribution >= 0.6 is 34.4 Å². The second-order valence-electron chi connectivity index (χ2n) is 6.64. The van der Waals surface area contributed by atoms with E-state index in [1.165, 1.54) is 56.7 Å². The number of rotatable bonds is 1. The highest BCUT2D eigenvalue weighted by Crippen LogP contribution is 2.39. The Labute approximate surface area is 163 Å². The lowest BCUT2D eigenvalue weighted by atomic mass is 9.96. The van der Waals surface area contributed by atoms with Gasteiger partial charge in [-0.15, -0.1) is 34.4 Å². The number of hydrogen-bond acceptors (Lipinski definition) is 3. The van der Waals surface area contributed by atoms with E-state index in [2.05, 4.69) is 72.3 Å². The highest BCUT2D eigenvalue weighted by molar-refractivity contribution is 8.00. The molecule has 6 rings (SSSR count). The number of hydrogen-bond donors (Lipinski definition) is 0. The summed E-state index contributed by atoms with van der Waals surface area (Å²) in [6, 6.07) is 23.1. The van der Waals surface area contributed by atoms with E-state index in [1.807, 2.05) is 34.4 Å². The molecule has 0 saturated heterocycles. The zero-order chi connectivity index (χ0) is 17.3. The van der Waals surface area contributed by atoms with Gasteiger partial charge in [-0.3, -0.25) is 0 Å². The van der Waals surface area contributed by atoms with Crippen LogP contribution in [0.15, 0.2) is 70.3 Å². The van der Waals surface area contributed by atoms with Crippen LogP contribution in [0.25, 0.3) is 52.5 Å². The van der Waals surface area contributed by atoms with E-state index in [1.54, 1.807) is 0 Å². The molecule has 0 nitrogen and oxygen atoms in total. The summed E-state index contributed by atoms with van der Waals surface area (Å²) in [5.41, 5.74) is 0. The summed E-state index contributed by atoms with van der Waals surface area (Å²) in [6.07, 6.45) is 2.15. The normalized spacial score (nSPS) is 12.2. The fraction of sp³-hybridized carbons (Fsp3) is 0.0435. The molecule has 0 spiro atoms. The van der Waals surface area contributed by atoms with Gasteiger partial charge in [0, 0.05) is 9.40 Å². The molecule has 0 N–H and O–H groups in total. The highest BCUT2D eigenvalue weighted by Gasteiger charge is 2.09. The number of thiophene rings is 2. The summed E-state index contributed by atoms with van der Waals surface area (Å²) < 4.78 is 4.12. The lowest BCUT2D eigenvalue weighted by Gasteiger charge is -2.08. The van der Waals surface area contributed by atoms with Gasteiger partial charge in [-0.25, -0.2) is 0 Å². The van der Waals surface area contributed by atoms with Gasteiger partial charge in [0.1, 0.15) is 0 Å². The molecule has 0 aliphatic rings. The second kappa shape index (κ2) is 5.46. The smallest absolute Gasteiger partial charge is 0.0608 e. The summed E-state index contributed by atoms with van der Waals surface area (Å²) in [6.45, 7) is 0. The Morgan fingerprint density at radius 2 is 1.31 bits per heavy atom. The molecule has 6 aromatic rings. The van der Waals surface area contributed by atoms with Gasteiger partial charge in [0.15, 0.2) is 0 Å². The van der Waals surface area contributed by atoms with E-state index in [-0.39, 0.29) is 0 Å². The summed E-state index contributed by atoms with van der Waals surface area (Å²) in [4.78, 5) is 0. The molecule has 26 heavy (non-hydrogen) atoms. The molecule has 3 heteroatoms. The number of thioether (sulfide) groups is 1. The van der Waals surface area contributed by atoms with Gasteiger partial charge < -0.3 is 0 Å². The third-order valence-electron chi connectivity index (χ3n) is 5.22. The summed E-state index contributed by atoms with van der Waals surface area (Å²) in [5.74, 6) is 0. The van der Waals surface area contributed by atoms with Crippen molar-refractivity contribution in [2.45, 2.75) is 4.21 Å². The molecule has 0 aliphatic carbocycles. The van der Waals surface area contributed by atoms with Crippen LogP contribution in [0.3, 0.4) is 0 Å². The molecule has 0 unspecified atom stereocenters. The fourth-order valence-corrected chi connectivity index (χ4v) is 6.42. The predicted molar refractivity (Wildman–Crippen MR) is 122 cm³/mol. The third kappa shape index (κ3) is 2.08. The maximum absolute atomic E-state index is 2.38. The van der Waals surface area contributed by atoms with Crippen LogP contribution in [0.2, 0.25) is 0 Å². The molecular formula is C23H14S3. The molecule has 2 heterocycles. The first-order chi connectivity index (χ1) is 12.8. The van der Waals surface area contributed by atoms with Gasteiger partial charge >= 0.3 is 0 Å². The van der Waals surface area contributed by atoms with Crippen molar-refractivity contribution in [1.82, 2.24) is 0 Å². The summed E-state index contributed by atoms with van der Waals surface area (Å²) in [5, 5.41) is 12.9. The van der Waals surface area contributed by atoms with Crippen LogP contribution in [-0.4, -0.2) is 6.26 Å². The van der Waals surface area contributed by atoms with Gasteiger partial charge in [0.05, 0.1) is 4.21 Å². The molecule has 0 amide bonds. The molecule has 4 aromatic carbocycles. The van der Waals surface area contributed by atoms with E-state index < -0.39 is 0 Å². The van der Waals surface area contributed by atoms with E-state index in [0.717, 1.165) is 0 Å². The van der Waals surface area contributed by atoms with Gasteiger partial charge in [0.25, 0.3) is 0 Å². The van der Waals surface area contributed by atoms with Crippen LogP contribution in [0.5, 0.6) is 0 Å². The Bertz CT molecular complexity index is 1470. The highest BCUT2D eigenvalue weighted by atomic mass is 32.2. The topological polar surface area (TPSA) is 0 Å². The third-order valence-corrected chi connectivity index (χ3v) is 8.26. The first-order valence-corrected chi connectivity index (χ1v) is 11.5. The molecule has 124 valence electrons. The maximum Gasteiger partial charge on any atom is 0.0608 e. The van der Waals surface area contributed by atoms with Crippen molar-refractivity contribution >= 4 is 86.9 Å². The van der Waals surface area contributed by atoms with E-state index in [9.17, 15) is 0 Å². The zero-order valence-corrected chi connectivity index (χ0v) is 16.5. The Morgan fingerprint density at radius 1 is 0.615 bits per heavy atom. The minimum atomic E-state index is 1.32. The SMILES string of the molecule is CSc1cc2cc3ccc4c5cc6sccc6cc5ccc4c3cc2s1. The Balaban J connectivity index is 1.77. The van der Waals surface area contributed by atoms with Crippen molar-refractivity contribution in [1.29, 1.82) is 0 Å². The monoisotopic (exact) mass is 386 g/mol. The minimum absolute atomic E-state index is 1.32. The van der Waals surface area contributed by atoms with Crippen molar-refractivity contribution in [3.63, 3.8) is 0 Å². The largest absolute Gasteiger partial charge is 0.144 e. The molecule has 2 aromatic heterocycles. The van der Waals surface area contributed by atoms with Gasteiger partial charge in [-0.05, 0) is 91.1 Å². The van der Waals surface area contributed by atoms with E-state index in [4.69, 9.17) is 0 Å². The van der Waals surface area contributed by atoms with Gasteiger partial charge in [0.2, 0.25) is 0 Å². The average Bonchev–Trinajstić information content (AvgIpc) is 3.29. The molecular weight excluding hydrogens is 372 g/mol. The lowest BCUT2D eigenvalue weighted by molar-refractivity contribution is 1.78. The van der Waals surface area contributed by atoms with Gasteiger partial charge in [-0.2, -0.15) is 0 Å². The van der Waals surface area contributed by atoms with E-state index in [0.29, 0.717) is 0 Å². The van der Waals surface area contributed by atoms with E-state index >= 15 is 0 Å². The van der Waals surface area contributed by atoms with Crippen molar-refractivity contribution in [2.24, 2.45) is 0 Å². The molecule has 0 bridgehead atoms. The number of fused-ring (bicyclic) bond motifs is 7. The Kier molecular flexibility index (Phi) is 3.16. The van der Waals surface area contributed by atoms with Crippen molar-refractivity contribution in [3.05, 3.63) is 66.0 Å². The zero-order valence-electron chi connectivity index (χ0n) is 14.1. The fourth-order valence-electron chi connectivity index (χ4n) is 3.95. The molecule has 0 fully saturated rings. The summed E-state index contributed by atoms with van der Waals surface area (Å²) in [7, 11) is 0. The van der Waals surface area contributed by atoms with Gasteiger partial charge in [-0.1, -0.05) is 24.3 Å². The Morgan fingerprint density at radius 3 is 2.04 bits per heavy atom. The molecule has 0 saturated carbocycles. The van der Waals surface area contributed by atoms with Crippen LogP contribution in [-0.2, 0) is 0 Å². The van der Waals surface area contributed by atoms with Crippen molar-refractivity contribution < 1.29 is 0 Å². The van der Waals surface area contributed by atoms with Crippen LogP contribution in [0.4, 0.5) is 0 Å². The predicted octanol–water partition coefficient (Wildman–Crippen LogP) is 8.30. The minimum Gasteiger partial charge on any atom is -0.144 e. The quantitative estimate of drug-likeness (QED) is 0.202. The second-order valence-corrected chi connectivity index (χ2v) is 9.78. The maximum atomic E-state index is 2.38. The Hall–Kier alpha value is -2.07. The molecule has 0 radical (unpaired) electrons. The lowest BCUT2D eigenvalue weighted by Crippen LogP contribution is -1.81. The molecule has 0 atom stereocenters. The molecule has 0 aliphatic heterocycles. The van der Waals surface area contributed by atoms with Crippen LogP contribution in [0.1, 0.15) is 0 Å². The summed E-state index contributed by atoms with van der Waals surface area (Å²) >= 11 is 5.54. The van der Waals surface area contributed by atoms with Crippen LogP contribution < -0.4 is 0 Å². The average molecular weight is 387 g/mol.